The van der Waals surface area contributed by atoms with Crippen molar-refractivity contribution in [2.24, 2.45) is 0 Å². The number of pyridine rings is 1. The molecule has 2 N–H and O–H groups in total. The summed E-state index contributed by atoms with van der Waals surface area (Å²) in [4.78, 5) is 4.82. The molecule has 1 unspecified atom stereocenters. The smallest absolute Gasteiger partial charge is 0.165 e. The first kappa shape index (κ1) is 17.0. The van der Waals surface area contributed by atoms with Crippen LogP contribution in [0.3, 0.4) is 0 Å². The first-order valence-corrected chi connectivity index (χ1v) is 8.70. The molecule has 0 spiro atoms. The lowest BCUT2D eigenvalue weighted by atomic mass is 10.1. The lowest BCUT2D eigenvalue weighted by Gasteiger charge is -2.11. The molecule has 0 aliphatic heterocycles. The number of ether oxygens (including phenoxy) is 1. The van der Waals surface area contributed by atoms with Crippen molar-refractivity contribution in [3.8, 4) is 5.75 Å². The van der Waals surface area contributed by atoms with Crippen molar-refractivity contribution in [1.29, 1.82) is 5.41 Å². The summed E-state index contributed by atoms with van der Waals surface area (Å²) < 4.78 is 30.7. The third kappa shape index (κ3) is 3.66. The first-order valence-electron chi connectivity index (χ1n) is 7.48. The fraction of sp³-hybridized carbons (Fsp3) is 0.111. The van der Waals surface area contributed by atoms with E-state index in [1.165, 1.54) is 13.2 Å². The van der Waals surface area contributed by atoms with E-state index in [9.17, 15) is 8.60 Å². The van der Waals surface area contributed by atoms with E-state index in [0.29, 0.717) is 22.3 Å². The van der Waals surface area contributed by atoms with Gasteiger partial charge in [-0.25, -0.2) is 8.60 Å². The van der Waals surface area contributed by atoms with Gasteiger partial charge in [0.05, 0.1) is 29.0 Å². The highest BCUT2D eigenvalue weighted by Crippen LogP contribution is 2.28. The van der Waals surface area contributed by atoms with Crippen LogP contribution in [0.15, 0.2) is 53.6 Å². The van der Waals surface area contributed by atoms with Crippen LogP contribution in [0.4, 0.5) is 10.1 Å². The average molecular weight is 357 g/mol. The van der Waals surface area contributed by atoms with Crippen LogP contribution in [0.25, 0.3) is 10.9 Å². The minimum absolute atomic E-state index is 0.152. The van der Waals surface area contributed by atoms with Crippen LogP contribution in [-0.2, 0) is 17.3 Å². The Balaban J connectivity index is 1.87. The zero-order valence-electron chi connectivity index (χ0n) is 13.5. The average Bonchev–Trinajstić information content (AvgIpc) is 2.65. The molecule has 0 radical (unpaired) electrons. The molecule has 1 heterocycles. The van der Waals surface area contributed by atoms with Gasteiger partial charge in [0, 0.05) is 34.8 Å². The summed E-state index contributed by atoms with van der Waals surface area (Å²) >= 11 is 0. The number of halogens is 1. The summed E-state index contributed by atoms with van der Waals surface area (Å²) in [6.07, 6.45) is 1.64. The highest BCUT2D eigenvalue weighted by molar-refractivity contribution is 7.98. The van der Waals surface area contributed by atoms with Gasteiger partial charge >= 0.3 is 0 Å². The van der Waals surface area contributed by atoms with E-state index in [2.05, 4.69) is 10.3 Å². The molecule has 128 valence electrons. The molecule has 0 fully saturated rings. The third-order valence-electron chi connectivity index (χ3n) is 3.74. The molecule has 0 aliphatic carbocycles. The predicted octanol–water partition coefficient (Wildman–Crippen LogP) is 3.71. The third-order valence-corrected chi connectivity index (χ3v) is 4.67. The van der Waals surface area contributed by atoms with Gasteiger partial charge in [0.2, 0.25) is 0 Å². The van der Waals surface area contributed by atoms with Gasteiger partial charge < -0.3 is 10.1 Å². The van der Waals surface area contributed by atoms with Gasteiger partial charge in [0.15, 0.2) is 11.6 Å². The number of methoxy groups -OCH3 is 1. The molecule has 7 heteroatoms. The van der Waals surface area contributed by atoms with Gasteiger partial charge in [-0.05, 0) is 29.8 Å². The van der Waals surface area contributed by atoms with E-state index < -0.39 is 16.6 Å². The number of nitrogens with one attached hydrogen (secondary N) is 2. The second-order valence-electron chi connectivity index (χ2n) is 5.28. The molecule has 3 aromatic rings. The van der Waals surface area contributed by atoms with E-state index in [-0.39, 0.29) is 5.75 Å². The highest BCUT2D eigenvalue weighted by atomic mass is 32.2. The van der Waals surface area contributed by atoms with Gasteiger partial charge in [-0.15, -0.1) is 0 Å². The second-order valence-corrected chi connectivity index (χ2v) is 6.58. The summed E-state index contributed by atoms with van der Waals surface area (Å²) in [5.41, 5.74) is 3.18. The molecular weight excluding hydrogens is 341 g/mol. The number of benzene rings is 2. The maximum Gasteiger partial charge on any atom is 0.165 e. The quantitative estimate of drug-likeness (QED) is 0.521. The summed E-state index contributed by atoms with van der Waals surface area (Å²) in [7, 11) is -0.0232. The molecule has 5 nitrogen and oxygen atoms in total. The Morgan fingerprint density at radius 3 is 2.92 bits per heavy atom. The van der Waals surface area contributed by atoms with Crippen molar-refractivity contribution >= 4 is 32.9 Å². The van der Waals surface area contributed by atoms with Crippen molar-refractivity contribution in [3.63, 3.8) is 0 Å². The van der Waals surface area contributed by atoms with Crippen molar-refractivity contribution in [3.05, 3.63) is 60.0 Å². The molecule has 2 aromatic carbocycles. The molecule has 0 bridgehead atoms. The molecule has 1 atom stereocenters. The minimum Gasteiger partial charge on any atom is -0.494 e. The van der Waals surface area contributed by atoms with Crippen LogP contribution in [0.5, 0.6) is 5.75 Å². The summed E-state index contributed by atoms with van der Waals surface area (Å²) in [5.74, 6) is -0.298. The van der Waals surface area contributed by atoms with Crippen LogP contribution in [0.2, 0.25) is 0 Å². The number of hydrogen-bond acceptors (Lipinski definition) is 5. The standard InChI is InChI=1S/C18H16FN3O2S/c1-24-18-9-17-14(8-15(18)19)16(5-6-21-17)22-10-12-3-2-4-13(7-12)25(23)11-20/h2-9,11,20H,10H2,1H3,(H,21,22). The topological polar surface area (TPSA) is 75.1 Å². The van der Waals surface area contributed by atoms with Gasteiger partial charge in [0.1, 0.15) is 0 Å². The van der Waals surface area contributed by atoms with E-state index in [4.69, 9.17) is 10.1 Å². The van der Waals surface area contributed by atoms with Gasteiger partial charge in [-0.1, -0.05) is 12.1 Å². The van der Waals surface area contributed by atoms with Crippen LogP contribution in [-0.4, -0.2) is 21.8 Å². The molecule has 0 aliphatic rings. The van der Waals surface area contributed by atoms with Gasteiger partial charge in [0.25, 0.3) is 0 Å². The van der Waals surface area contributed by atoms with E-state index in [1.54, 1.807) is 36.5 Å². The number of aromatic nitrogens is 1. The van der Waals surface area contributed by atoms with Crippen LogP contribution in [0, 0.1) is 11.2 Å². The van der Waals surface area contributed by atoms with Crippen molar-refractivity contribution in [2.45, 2.75) is 11.4 Å². The Kier molecular flexibility index (Phi) is 5.04. The number of nitrogens with zero attached hydrogens (tertiary/aromatic N) is 1. The second kappa shape index (κ2) is 7.40. The molecule has 0 saturated carbocycles. The summed E-state index contributed by atoms with van der Waals surface area (Å²) in [6, 6.07) is 11.9. The lowest BCUT2D eigenvalue weighted by molar-refractivity contribution is 0.387. The zero-order valence-corrected chi connectivity index (χ0v) is 14.3. The number of anilines is 1. The zero-order chi connectivity index (χ0) is 17.8. The predicted molar refractivity (Wildman–Crippen MR) is 97.2 cm³/mol. The Bertz CT molecular complexity index is 962. The molecule has 3 rings (SSSR count). The van der Waals surface area contributed by atoms with Crippen LogP contribution < -0.4 is 10.1 Å². The van der Waals surface area contributed by atoms with Crippen molar-refractivity contribution in [2.75, 3.05) is 12.4 Å². The first-order chi connectivity index (χ1) is 12.1. The number of rotatable bonds is 6. The maximum absolute atomic E-state index is 14.0. The normalized spacial score (nSPS) is 11.9. The molecule has 0 saturated heterocycles. The van der Waals surface area contributed by atoms with Crippen LogP contribution in [0.1, 0.15) is 5.56 Å². The fourth-order valence-electron chi connectivity index (χ4n) is 2.50. The minimum atomic E-state index is -1.44. The summed E-state index contributed by atoms with van der Waals surface area (Å²) in [5, 5.41) is 11.0. The maximum atomic E-state index is 14.0. The molecule has 0 amide bonds. The number of fused-ring (bicyclic) bond motifs is 1. The van der Waals surface area contributed by atoms with Crippen LogP contribution >= 0.6 is 0 Å². The van der Waals surface area contributed by atoms with E-state index >= 15 is 0 Å². The number of hydrogen-bond donors (Lipinski definition) is 2. The Hall–Kier alpha value is -2.80. The molecular formula is C18H16FN3O2S. The van der Waals surface area contributed by atoms with Crippen molar-refractivity contribution < 1.29 is 13.3 Å². The SMILES string of the molecule is COc1cc2nccc(NCc3cccc(S(=O)C=N)c3)c2cc1F. The van der Waals surface area contributed by atoms with E-state index in [1.807, 2.05) is 6.07 Å². The molecule has 25 heavy (non-hydrogen) atoms. The van der Waals surface area contributed by atoms with Gasteiger partial charge in [-0.3, -0.25) is 10.4 Å². The summed E-state index contributed by atoms with van der Waals surface area (Å²) in [6.45, 7) is 0.468. The fourth-order valence-corrected chi connectivity index (χ4v) is 3.12. The highest BCUT2D eigenvalue weighted by Gasteiger charge is 2.09. The molecule has 1 aromatic heterocycles. The van der Waals surface area contributed by atoms with Crippen molar-refractivity contribution in [1.82, 2.24) is 4.98 Å². The largest absolute Gasteiger partial charge is 0.494 e. The monoisotopic (exact) mass is 357 g/mol. The van der Waals surface area contributed by atoms with E-state index in [0.717, 1.165) is 16.8 Å². The lowest BCUT2D eigenvalue weighted by Crippen LogP contribution is -2.02. The Morgan fingerprint density at radius 2 is 2.16 bits per heavy atom. The Labute approximate surface area is 146 Å². The van der Waals surface area contributed by atoms with Gasteiger partial charge in [-0.2, -0.15) is 0 Å². The Morgan fingerprint density at radius 1 is 1.32 bits per heavy atom.